The maximum absolute atomic E-state index is 14.0. The lowest BCUT2D eigenvalue weighted by atomic mass is 9.99. The summed E-state index contributed by atoms with van der Waals surface area (Å²) in [5, 5.41) is 2.23. The van der Waals surface area contributed by atoms with E-state index in [-0.39, 0.29) is 30.4 Å². The Labute approximate surface area is 128 Å². The Kier molecular flexibility index (Phi) is 4.59. The molecular formula is C16H19FN2O3. The molecule has 1 unspecified atom stereocenters. The molecule has 0 radical (unpaired) electrons. The van der Waals surface area contributed by atoms with Gasteiger partial charge in [-0.2, -0.15) is 0 Å². The average molecular weight is 306 g/mol. The van der Waals surface area contributed by atoms with E-state index in [1.165, 1.54) is 17.0 Å². The Hall–Kier alpha value is -2.24. The van der Waals surface area contributed by atoms with E-state index in [9.17, 15) is 18.8 Å². The van der Waals surface area contributed by atoms with Gasteiger partial charge in [0.1, 0.15) is 11.9 Å². The van der Waals surface area contributed by atoms with Crippen molar-refractivity contribution in [3.05, 3.63) is 35.1 Å². The molecule has 1 aromatic carbocycles. The fourth-order valence-electron chi connectivity index (χ4n) is 2.72. The number of rotatable bonds is 3. The minimum Gasteiger partial charge on any atom is -0.324 e. The van der Waals surface area contributed by atoms with Crippen LogP contribution in [0.4, 0.5) is 4.39 Å². The van der Waals surface area contributed by atoms with Gasteiger partial charge in [-0.3, -0.25) is 19.7 Å². The zero-order valence-electron chi connectivity index (χ0n) is 12.9. The fraction of sp³-hybridized carbons (Fsp3) is 0.438. The van der Waals surface area contributed by atoms with Gasteiger partial charge in [0.05, 0.1) is 5.56 Å². The van der Waals surface area contributed by atoms with Crippen molar-refractivity contribution in [2.75, 3.05) is 0 Å². The normalized spacial score (nSPS) is 18.3. The van der Waals surface area contributed by atoms with E-state index in [2.05, 4.69) is 5.32 Å². The lowest BCUT2D eigenvalue weighted by Gasteiger charge is -2.36. The van der Waals surface area contributed by atoms with E-state index < -0.39 is 23.7 Å². The maximum atomic E-state index is 14.0. The monoisotopic (exact) mass is 306 g/mol. The van der Waals surface area contributed by atoms with Crippen LogP contribution < -0.4 is 5.32 Å². The van der Waals surface area contributed by atoms with Crippen molar-refractivity contribution >= 4 is 17.7 Å². The number of halogens is 1. The van der Waals surface area contributed by atoms with Crippen LogP contribution in [0, 0.1) is 12.7 Å². The molecule has 22 heavy (non-hydrogen) atoms. The molecule has 1 heterocycles. The SMILES string of the molecule is Cc1cccc(F)c1C(=O)N(C(C)C)C1CCC(=O)NC1=O. The molecule has 1 saturated heterocycles. The van der Waals surface area contributed by atoms with E-state index in [0.29, 0.717) is 5.56 Å². The quantitative estimate of drug-likeness (QED) is 0.866. The molecule has 0 bridgehead atoms. The molecule has 3 amide bonds. The molecule has 0 spiro atoms. The number of amides is 3. The summed E-state index contributed by atoms with van der Waals surface area (Å²) in [5.41, 5.74) is 0.490. The van der Waals surface area contributed by atoms with Gasteiger partial charge in [-0.1, -0.05) is 12.1 Å². The number of piperidine rings is 1. The van der Waals surface area contributed by atoms with Crippen molar-refractivity contribution in [2.45, 2.75) is 45.7 Å². The summed E-state index contributed by atoms with van der Waals surface area (Å²) in [4.78, 5) is 37.4. The number of imide groups is 1. The summed E-state index contributed by atoms with van der Waals surface area (Å²) in [5.74, 6) is -1.99. The molecule has 0 aliphatic carbocycles. The van der Waals surface area contributed by atoms with Crippen molar-refractivity contribution in [2.24, 2.45) is 0 Å². The summed E-state index contributed by atoms with van der Waals surface area (Å²) in [7, 11) is 0. The molecule has 1 aliphatic rings. The van der Waals surface area contributed by atoms with Crippen molar-refractivity contribution < 1.29 is 18.8 Å². The van der Waals surface area contributed by atoms with Crippen LogP contribution in [0.15, 0.2) is 18.2 Å². The minimum atomic E-state index is -0.760. The van der Waals surface area contributed by atoms with Gasteiger partial charge in [0.25, 0.3) is 5.91 Å². The first-order chi connectivity index (χ1) is 10.3. The van der Waals surface area contributed by atoms with Gasteiger partial charge in [0, 0.05) is 12.5 Å². The molecule has 2 rings (SSSR count). The Morgan fingerprint density at radius 3 is 2.59 bits per heavy atom. The standard InChI is InChI=1S/C16H19FN2O3/c1-9(2)19(12-7-8-13(20)18-15(12)21)16(22)14-10(3)5-4-6-11(14)17/h4-6,9,12H,7-8H2,1-3H3,(H,18,20,21). The Balaban J connectivity index is 2.38. The number of nitrogens with zero attached hydrogens (tertiary/aromatic N) is 1. The summed E-state index contributed by atoms with van der Waals surface area (Å²) in [6.45, 7) is 5.18. The van der Waals surface area contributed by atoms with Crippen molar-refractivity contribution in [1.29, 1.82) is 0 Å². The molecule has 5 nitrogen and oxygen atoms in total. The second-order valence-corrected chi connectivity index (χ2v) is 5.70. The van der Waals surface area contributed by atoms with Gasteiger partial charge < -0.3 is 4.90 Å². The molecule has 1 N–H and O–H groups in total. The maximum Gasteiger partial charge on any atom is 0.258 e. The number of benzene rings is 1. The molecular weight excluding hydrogens is 287 g/mol. The van der Waals surface area contributed by atoms with Crippen LogP contribution >= 0.6 is 0 Å². The lowest BCUT2D eigenvalue weighted by molar-refractivity contribution is -0.137. The third-order valence-electron chi connectivity index (χ3n) is 3.77. The van der Waals surface area contributed by atoms with E-state index in [4.69, 9.17) is 0 Å². The number of hydrogen-bond acceptors (Lipinski definition) is 3. The second kappa shape index (κ2) is 6.25. The van der Waals surface area contributed by atoms with E-state index in [1.54, 1.807) is 26.8 Å². The molecule has 1 aromatic rings. The summed E-state index contributed by atoms with van der Waals surface area (Å²) >= 11 is 0. The van der Waals surface area contributed by atoms with E-state index >= 15 is 0 Å². The molecule has 1 aliphatic heterocycles. The Bertz CT molecular complexity index is 608. The molecule has 118 valence electrons. The van der Waals surface area contributed by atoms with Crippen molar-refractivity contribution in [1.82, 2.24) is 10.2 Å². The van der Waals surface area contributed by atoms with Crippen LogP contribution in [0.2, 0.25) is 0 Å². The minimum absolute atomic E-state index is 0.0269. The molecule has 1 atom stereocenters. The zero-order chi connectivity index (χ0) is 16.4. The highest BCUT2D eigenvalue weighted by atomic mass is 19.1. The van der Waals surface area contributed by atoms with Gasteiger partial charge >= 0.3 is 0 Å². The van der Waals surface area contributed by atoms with Gasteiger partial charge in [-0.15, -0.1) is 0 Å². The van der Waals surface area contributed by atoms with Crippen molar-refractivity contribution in [3.8, 4) is 0 Å². The molecule has 1 fully saturated rings. The average Bonchev–Trinajstić information content (AvgIpc) is 2.41. The van der Waals surface area contributed by atoms with Crippen LogP contribution in [0.5, 0.6) is 0 Å². The van der Waals surface area contributed by atoms with Crippen LogP contribution in [-0.2, 0) is 9.59 Å². The molecule has 0 saturated carbocycles. The highest BCUT2D eigenvalue weighted by Gasteiger charge is 2.37. The number of aryl methyl sites for hydroxylation is 1. The first-order valence-electron chi connectivity index (χ1n) is 7.24. The predicted octanol–water partition coefficient (Wildman–Crippen LogP) is 1.79. The number of carbonyl (C=O) groups is 3. The number of hydrogen-bond donors (Lipinski definition) is 1. The number of carbonyl (C=O) groups excluding carboxylic acids is 3. The van der Waals surface area contributed by atoms with Crippen LogP contribution in [0.1, 0.15) is 42.6 Å². The fourth-order valence-corrected chi connectivity index (χ4v) is 2.72. The van der Waals surface area contributed by atoms with Gasteiger partial charge in [-0.05, 0) is 38.8 Å². The smallest absolute Gasteiger partial charge is 0.258 e. The van der Waals surface area contributed by atoms with Gasteiger partial charge in [0.2, 0.25) is 11.8 Å². The van der Waals surface area contributed by atoms with Gasteiger partial charge in [-0.25, -0.2) is 4.39 Å². The molecule has 6 heteroatoms. The van der Waals surface area contributed by atoms with Crippen LogP contribution in [0.3, 0.4) is 0 Å². The third-order valence-corrected chi connectivity index (χ3v) is 3.77. The zero-order valence-corrected chi connectivity index (χ0v) is 12.9. The summed E-state index contributed by atoms with van der Waals surface area (Å²) in [6, 6.07) is 3.36. The number of nitrogens with one attached hydrogen (secondary N) is 1. The first-order valence-corrected chi connectivity index (χ1v) is 7.24. The summed E-state index contributed by atoms with van der Waals surface area (Å²) in [6.07, 6.45) is 0.422. The van der Waals surface area contributed by atoms with E-state index in [0.717, 1.165) is 0 Å². The first kappa shape index (κ1) is 16.1. The highest BCUT2D eigenvalue weighted by molar-refractivity contribution is 6.04. The van der Waals surface area contributed by atoms with E-state index in [1.807, 2.05) is 0 Å². The Morgan fingerprint density at radius 2 is 2.05 bits per heavy atom. The Morgan fingerprint density at radius 1 is 1.36 bits per heavy atom. The van der Waals surface area contributed by atoms with Crippen LogP contribution in [-0.4, -0.2) is 34.7 Å². The lowest BCUT2D eigenvalue weighted by Crippen LogP contribution is -2.56. The predicted molar refractivity (Wildman–Crippen MR) is 78.6 cm³/mol. The highest BCUT2D eigenvalue weighted by Crippen LogP contribution is 2.22. The third kappa shape index (κ3) is 3.00. The molecule has 0 aromatic heterocycles. The topological polar surface area (TPSA) is 66.5 Å². The van der Waals surface area contributed by atoms with Crippen LogP contribution in [0.25, 0.3) is 0 Å². The summed E-state index contributed by atoms with van der Waals surface area (Å²) < 4.78 is 14.0. The van der Waals surface area contributed by atoms with Gasteiger partial charge in [0.15, 0.2) is 0 Å². The largest absolute Gasteiger partial charge is 0.324 e. The second-order valence-electron chi connectivity index (χ2n) is 5.70. The van der Waals surface area contributed by atoms with Crippen molar-refractivity contribution in [3.63, 3.8) is 0 Å².